The minimum absolute atomic E-state index is 0.0105. The van der Waals surface area contributed by atoms with Crippen LogP contribution in [0.1, 0.15) is 38.2 Å². The molecule has 1 saturated carbocycles. The monoisotopic (exact) mass is 287 g/mol. The molecule has 0 heterocycles. The predicted molar refractivity (Wildman–Crippen MR) is 80.3 cm³/mol. The van der Waals surface area contributed by atoms with Gasteiger partial charge in [0, 0.05) is 11.0 Å². The third kappa shape index (κ3) is 4.50. The van der Waals surface area contributed by atoms with Gasteiger partial charge in [-0.2, -0.15) is 0 Å². The summed E-state index contributed by atoms with van der Waals surface area (Å²) >= 11 is 0. The zero-order valence-electron chi connectivity index (χ0n) is 12.3. The van der Waals surface area contributed by atoms with Crippen LogP contribution in [0.2, 0.25) is 0 Å². The molecule has 0 bridgehead atoms. The second kappa shape index (κ2) is 7.70. The van der Waals surface area contributed by atoms with Gasteiger partial charge in [-0.05, 0) is 42.7 Å². The van der Waals surface area contributed by atoms with E-state index in [0.29, 0.717) is 12.5 Å². The normalized spacial score (nSPS) is 22.9. The van der Waals surface area contributed by atoms with Crippen LogP contribution in [0.3, 0.4) is 0 Å². The number of carbonyl (C=O) groups excluding carboxylic acids is 1. The van der Waals surface area contributed by atoms with Gasteiger partial charge in [0.15, 0.2) is 0 Å². The second-order valence-electron chi connectivity index (χ2n) is 5.65. The summed E-state index contributed by atoms with van der Waals surface area (Å²) in [5.41, 5.74) is 9.48. The molecule has 1 atom stereocenters. The molecule has 1 aliphatic rings. The first-order valence-electron chi connectivity index (χ1n) is 7.45. The number of benzene rings is 1. The number of hydrogen-bond acceptors (Lipinski definition) is 3. The van der Waals surface area contributed by atoms with Crippen molar-refractivity contribution in [2.45, 2.75) is 45.3 Å². The van der Waals surface area contributed by atoms with Crippen LogP contribution < -0.4 is 0 Å². The maximum Gasteiger partial charge on any atom is 0.309 e. The molecule has 0 saturated heterocycles. The molecule has 2 rings (SSSR count). The molecule has 0 amide bonds. The molecule has 0 aromatic heterocycles. The zero-order chi connectivity index (χ0) is 15.1. The van der Waals surface area contributed by atoms with Crippen LogP contribution in [0, 0.1) is 11.8 Å². The first-order chi connectivity index (χ1) is 10.2. The molecule has 112 valence electrons. The molecular weight excluding hydrogens is 266 g/mol. The molecule has 21 heavy (non-hydrogen) atoms. The Labute approximate surface area is 124 Å². The van der Waals surface area contributed by atoms with Crippen LogP contribution in [-0.2, 0) is 16.1 Å². The topological polar surface area (TPSA) is 75.1 Å². The SMILES string of the molecule is CC(N=[N+]=[N-])C1CCC(C(=O)OCc2ccccc2)CC1. The van der Waals surface area contributed by atoms with Gasteiger partial charge in [-0.1, -0.05) is 42.4 Å². The lowest BCUT2D eigenvalue weighted by Gasteiger charge is -2.29. The lowest BCUT2D eigenvalue weighted by Crippen LogP contribution is -2.27. The fraction of sp³-hybridized carbons (Fsp3) is 0.562. The smallest absolute Gasteiger partial charge is 0.309 e. The Morgan fingerprint density at radius 1 is 1.33 bits per heavy atom. The van der Waals surface area contributed by atoms with E-state index in [1.165, 1.54) is 0 Å². The molecule has 1 unspecified atom stereocenters. The lowest BCUT2D eigenvalue weighted by atomic mass is 9.79. The summed E-state index contributed by atoms with van der Waals surface area (Å²) in [5.74, 6) is 0.274. The van der Waals surface area contributed by atoms with E-state index >= 15 is 0 Å². The first-order valence-corrected chi connectivity index (χ1v) is 7.45. The number of carbonyl (C=O) groups is 1. The quantitative estimate of drug-likeness (QED) is 0.351. The van der Waals surface area contributed by atoms with E-state index in [1.54, 1.807) is 0 Å². The van der Waals surface area contributed by atoms with E-state index in [0.717, 1.165) is 31.2 Å². The molecule has 5 nitrogen and oxygen atoms in total. The Kier molecular flexibility index (Phi) is 5.64. The van der Waals surface area contributed by atoms with E-state index in [-0.39, 0.29) is 17.9 Å². The van der Waals surface area contributed by atoms with Crippen molar-refractivity contribution in [3.05, 3.63) is 46.3 Å². The van der Waals surface area contributed by atoms with Crippen LogP contribution in [0.5, 0.6) is 0 Å². The zero-order valence-corrected chi connectivity index (χ0v) is 12.3. The van der Waals surface area contributed by atoms with Crippen LogP contribution in [0.25, 0.3) is 10.4 Å². The summed E-state index contributed by atoms with van der Waals surface area (Å²) < 4.78 is 5.39. The van der Waals surface area contributed by atoms with Gasteiger partial charge in [-0.15, -0.1) is 0 Å². The molecule has 5 heteroatoms. The fourth-order valence-electron chi connectivity index (χ4n) is 2.86. The second-order valence-corrected chi connectivity index (χ2v) is 5.65. The maximum atomic E-state index is 12.1. The van der Waals surface area contributed by atoms with Crippen molar-refractivity contribution in [2.24, 2.45) is 17.0 Å². The molecular formula is C16H21N3O2. The highest BCUT2D eigenvalue weighted by molar-refractivity contribution is 5.72. The van der Waals surface area contributed by atoms with Gasteiger partial charge in [0.05, 0.1) is 5.92 Å². The minimum Gasteiger partial charge on any atom is -0.461 e. The number of rotatable bonds is 5. The number of hydrogen-bond donors (Lipinski definition) is 0. The number of azide groups is 1. The summed E-state index contributed by atoms with van der Waals surface area (Å²) in [6.07, 6.45) is 3.49. The molecule has 1 aromatic carbocycles. The van der Waals surface area contributed by atoms with E-state index in [4.69, 9.17) is 10.3 Å². The van der Waals surface area contributed by atoms with Crippen molar-refractivity contribution in [3.8, 4) is 0 Å². The van der Waals surface area contributed by atoms with Gasteiger partial charge >= 0.3 is 5.97 Å². The van der Waals surface area contributed by atoms with Crippen molar-refractivity contribution in [3.63, 3.8) is 0 Å². The Balaban J connectivity index is 1.76. The molecule has 0 spiro atoms. The van der Waals surface area contributed by atoms with E-state index in [1.807, 2.05) is 37.3 Å². The van der Waals surface area contributed by atoms with Crippen molar-refractivity contribution < 1.29 is 9.53 Å². The van der Waals surface area contributed by atoms with Gasteiger partial charge < -0.3 is 4.74 Å². The Morgan fingerprint density at radius 2 is 2.00 bits per heavy atom. The Bertz CT molecular complexity index is 504. The van der Waals surface area contributed by atoms with E-state index in [9.17, 15) is 4.79 Å². The van der Waals surface area contributed by atoms with Crippen molar-refractivity contribution >= 4 is 5.97 Å². The van der Waals surface area contributed by atoms with Crippen LogP contribution in [0.4, 0.5) is 0 Å². The third-order valence-corrected chi connectivity index (χ3v) is 4.25. The molecule has 0 radical (unpaired) electrons. The van der Waals surface area contributed by atoms with Crippen molar-refractivity contribution in [2.75, 3.05) is 0 Å². The lowest BCUT2D eigenvalue weighted by molar-refractivity contribution is -0.151. The fourth-order valence-corrected chi connectivity index (χ4v) is 2.86. The van der Waals surface area contributed by atoms with Crippen LogP contribution in [-0.4, -0.2) is 12.0 Å². The van der Waals surface area contributed by atoms with Gasteiger partial charge in [0.25, 0.3) is 0 Å². The van der Waals surface area contributed by atoms with Crippen molar-refractivity contribution in [1.82, 2.24) is 0 Å². The van der Waals surface area contributed by atoms with E-state index < -0.39 is 0 Å². The largest absolute Gasteiger partial charge is 0.461 e. The highest BCUT2D eigenvalue weighted by Crippen LogP contribution is 2.32. The van der Waals surface area contributed by atoms with Gasteiger partial charge in [0.1, 0.15) is 6.61 Å². The molecule has 0 aliphatic heterocycles. The molecule has 1 fully saturated rings. The Hall–Kier alpha value is -2.00. The van der Waals surface area contributed by atoms with Crippen LogP contribution >= 0.6 is 0 Å². The van der Waals surface area contributed by atoms with Crippen LogP contribution in [0.15, 0.2) is 35.4 Å². The molecule has 1 aromatic rings. The summed E-state index contributed by atoms with van der Waals surface area (Å²) in [4.78, 5) is 14.9. The summed E-state index contributed by atoms with van der Waals surface area (Å²) in [5, 5.41) is 3.76. The Morgan fingerprint density at radius 3 is 2.62 bits per heavy atom. The number of esters is 1. The minimum atomic E-state index is -0.103. The van der Waals surface area contributed by atoms with Gasteiger partial charge in [-0.25, -0.2) is 0 Å². The summed E-state index contributed by atoms with van der Waals surface area (Å²) in [6.45, 7) is 2.28. The highest BCUT2D eigenvalue weighted by atomic mass is 16.5. The third-order valence-electron chi connectivity index (χ3n) is 4.25. The standard InChI is InChI=1S/C16H21N3O2/c1-12(18-19-17)14-7-9-15(10-8-14)16(20)21-11-13-5-3-2-4-6-13/h2-6,12,14-15H,7-11H2,1H3. The number of nitrogens with zero attached hydrogens (tertiary/aromatic N) is 3. The van der Waals surface area contributed by atoms with Gasteiger partial charge in [0.2, 0.25) is 0 Å². The average Bonchev–Trinajstić information content (AvgIpc) is 2.54. The highest BCUT2D eigenvalue weighted by Gasteiger charge is 2.29. The van der Waals surface area contributed by atoms with E-state index in [2.05, 4.69) is 10.0 Å². The summed E-state index contributed by atoms with van der Waals surface area (Å²) in [6, 6.07) is 9.72. The van der Waals surface area contributed by atoms with Gasteiger partial charge in [-0.3, -0.25) is 4.79 Å². The molecule has 0 N–H and O–H groups in total. The number of ether oxygens (including phenoxy) is 1. The van der Waals surface area contributed by atoms with Crippen molar-refractivity contribution in [1.29, 1.82) is 0 Å². The first kappa shape index (κ1) is 15.4. The maximum absolute atomic E-state index is 12.1. The predicted octanol–water partition coefficient (Wildman–Crippen LogP) is 4.24. The average molecular weight is 287 g/mol. The summed E-state index contributed by atoms with van der Waals surface area (Å²) in [7, 11) is 0. The molecule has 1 aliphatic carbocycles.